The van der Waals surface area contributed by atoms with Crippen molar-refractivity contribution >= 4 is 18.5 Å². The van der Waals surface area contributed by atoms with Crippen molar-refractivity contribution in [2.45, 2.75) is 77.3 Å². The number of hydrogen-bond acceptors (Lipinski definition) is 5. The van der Waals surface area contributed by atoms with E-state index in [9.17, 15) is 10.1 Å². The highest BCUT2D eigenvalue weighted by atomic mass is 16.7. The van der Waals surface area contributed by atoms with Gasteiger partial charge in [0.25, 0.3) is 5.91 Å². The van der Waals surface area contributed by atoms with E-state index in [4.69, 9.17) is 19.8 Å². The van der Waals surface area contributed by atoms with Crippen LogP contribution in [0.15, 0.2) is 54.6 Å². The van der Waals surface area contributed by atoms with Gasteiger partial charge in [0.15, 0.2) is 5.60 Å². The van der Waals surface area contributed by atoms with E-state index >= 15 is 0 Å². The van der Waals surface area contributed by atoms with Crippen LogP contribution in [-0.2, 0) is 18.8 Å². The SMILES string of the molecule is CC(C)CC(CC#N)(O[C@H](c1ccccc1)c1ccc(B2OC(C)(C)C(C)(C)O2)cc1)C(N)=O. The van der Waals surface area contributed by atoms with Crippen LogP contribution >= 0.6 is 0 Å². The van der Waals surface area contributed by atoms with Gasteiger partial charge in [-0.05, 0) is 56.6 Å². The zero-order valence-electron chi connectivity index (χ0n) is 21.0. The van der Waals surface area contributed by atoms with Gasteiger partial charge in [0.05, 0.1) is 23.7 Å². The third-order valence-electron chi connectivity index (χ3n) is 6.76. The topological polar surface area (TPSA) is 94.6 Å². The van der Waals surface area contributed by atoms with E-state index in [2.05, 4.69) is 6.07 Å². The molecule has 0 bridgehead atoms. The summed E-state index contributed by atoms with van der Waals surface area (Å²) in [5, 5.41) is 9.49. The molecule has 0 aromatic heterocycles. The Morgan fingerprint density at radius 2 is 1.56 bits per heavy atom. The number of nitriles is 1. The molecule has 2 atom stereocenters. The Bertz CT molecular complexity index is 1010. The molecule has 7 heteroatoms. The smallest absolute Gasteiger partial charge is 0.399 e. The van der Waals surface area contributed by atoms with Crippen molar-refractivity contribution in [3.63, 3.8) is 0 Å². The lowest BCUT2D eigenvalue weighted by Crippen LogP contribution is -2.48. The number of hydrogen-bond donors (Lipinski definition) is 1. The molecule has 6 nitrogen and oxygen atoms in total. The largest absolute Gasteiger partial charge is 0.494 e. The van der Waals surface area contributed by atoms with Crippen LogP contribution in [0.4, 0.5) is 0 Å². The van der Waals surface area contributed by atoms with Crippen molar-refractivity contribution in [1.82, 2.24) is 0 Å². The quantitative estimate of drug-likeness (QED) is 0.562. The first kappa shape index (κ1) is 26.0. The number of rotatable bonds is 9. The van der Waals surface area contributed by atoms with Crippen molar-refractivity contribution in [2.75, 3.05) is 0 Å². The summed E-state index contributed by atoms with van der Waals surface area (Å²) in [4.78, 5) is 12.6. The van der Waals surface area contributed by atoms with Crippen LogP contribution in [0.25, 0.3) is 0 Å². The van der Waals surface area contributed by atoms with Crippen molar-refractivity contribution in [3.8, 4) is 6.07 Å². The number of primary amides is 1. The Kier molecular flexibility index (Phi) is 7.57. The van der Waals surface area contributed by atoms with Crippen LogP contribution in [0.5, 0.6) is 0 Å². The zero-order valence-corrected chi connectivity index (χ0v) is 21.0. The Balaban J connectivity index is 1.97. The monoisotopic (exact) mass is 462 g/mol. The molecule has 2 N–H and O–H groups in total. The molecular formula is C27H35BN2O4. The maximum atomic E-state index is 12.6. The number of carbonyl (C=O) groups is 1. The third-order valence-corrected chi connectivity index (χ3v) is 6.76. The summed E-state index contributed by atoms with van der Waals surface area (Å²) >= 11 is 0. The third kappa shape index (κ3) is 5.36. The highest BCUT2D eigenvalue weighted by Crippen LogP contribution is 2.38. The van der Waals surface area contributed by atoms with Gasteiger partial charge in [-0.1, -0.05) is 68.4 Å². The predicted molar refractivity (Wildman–Crippen MR) is 133 cm³/mol. The normalized spacial score (nSPS) is 19.4. The van der Waals surface area contributed by atoms with Gasteiger partial charge < -0.3 is 19.8 Å². The summed E-state index contributed by atoms with van der Waals surface area (Å²) in [6.45, 7) is 12.1. The summed E-state index contributed by atoms with van der Waals surface area (Å²) in [7, 11) is -0.473. The molecule has 1 aliphatic heterocycles. The standard InChI is InChI=1S/C27H35BN2O4/c1-19(2)18-27(16-17-29,24(30)31)32-23(20-10-8-7-9-11-20)21-12-14-22(15-13-21)28-33-25(3,4)26(5,6)34-28/h7-15,19,23H,16,18H2,1-6H3,(H2,30,31)/t23-,27?/m1/s1. The molecule has 1 aliphatic rings. The average molecular weight is 462 g/mol. The van der Waals surface area contributed by atoms with E-state index in [1.54, 1.807) is 0 Å². The van der Waals surface area contributed by atoms with Crippen molar-refractivity contribution < 1.29 is 18.8 Å². The first-order valence-corrected chi connectivity index (χ1v) is 11.8. The van der Waals surface area contributed by atoms with Crippen molar-refractivity contribution in [1.29, 1.82) is 5.26 Å². The molecule has 34 heavy (non-hydrogen) atoms. The lowest BCUT2D eigenvalue weighted by molar-refractivity contribution is -0.152. The Morgan fingerprint density at radius 3 is 2.03 bits per heavy atom. The second-order valence-corrected chi connectivity index (χ2v) is 10.5. The van der Waals surface area contributed by atoms with E-state index in [0.29, 0.717) is 6.42 Å². The zero-order chi connectivity index (χ0) is 25.1. The van der Waals surface area contributed by atoms with Gasteiger partial charge in [-0.25, -0.2) is 0 Å². The fraction of sp³-hybridized carbons (Fsp3) is 0.481. The van der Waals surface area contributed by atoms with Crippen LogP contribution in [-0.4, -0.2) is 29.8 Å². The van der Waals surface area contributed by atoms with Crippen LogP contribution in [0.2, 0.25) is 0 Å². The van der Waals surface area contributed by atoms with Crippen LogP contribution in [0, 0.1) is 17.2 Å². The molecule has 2 aromatic carbocycles. The molecule has 1 saturated heterocycles. The van der Waals surface area contributed by atoms with Gasteiger partial charge in [-0.15, -0.1) is 0 Å². The van der Waals surface area contributed by atoms with Gasteiger partial charge >= 0.3 is 7.12 Å². The minimum absolute atomic E-state index is 0.114. The molecular weight excluding hydrogens is 427 g/mol. The first-order valence-electron chi connectivity index (χ1n) is 11.8. The van der Waals surface area contributed by atoms with E-state index in [-0.39, 0.29) is 12.3 Å². The molecule has 0 radical (unpaired) electrons. The minimum atomic E-state index is -1.40. The Labute approximate surface area is 203 Å². The predicted octanol–water partition coefficient (Wildman–Crippen LogP) is 4.28. The van der Waals surface area contributed by atoms with Crippen LogP contribution in [0.3, 0.4) is 0 Å². The van der Waals surface area contributed by atoms with Gasteiger partial charge in [0.2, 0.25) is 0 Å². The van der Waals surface area contributed by atoms with Crippen LogP contribution < -0.4 is 11.2 Å². The molecule has 1 unspecified atom stereocenters. The molecule has 1 amide bonds. The van der Waals surface area contributed by atoms with E-state index < -0.39 is 35.9 Å². The maximum Gasteiger partial charge on any atom is 0.494 e. The maximum absolute atomic E-state index is 12.6. The lowest BCUT2D eigenvalue weighted by atomic mass is 9.78. The Morgan fingerprint density at radius 1 is 1.03 bits per heavy atom. The van der Waals surface area contributed by atoms with E-state index in [1.165, 1.54) is 0 Å². The van der Waals surface area contributed by atoms with Crippen molar-refractivity contribution in [2.24, 2.45) is 11.7 Å². The van der Waals surface area contributed by atoms with Gasteiger partial charge in [-0.3, -0.25) is 4.79 Å². The molecule has 2 aromatic rings. The molecule has 1 heterocycles. The highest BCUT2D eigenvalue weighted by molar-refractivity contribution is 6.62. The average Bonchev–Trinajstić information content (AvgIpc) is 2.99. The Hall–Kier alpha value is -2.66. The number of carbonyl (C=O) groups excluding carboxylic acids is 1. The van der Waals surface area contributed by atoms with Gasteiger partial charge in [0, 0.05) is 0 Å². The molecule has 0 spiro atoms. The lowest BCUT2D eigenvalue weighted by Gasteiger charge is -2.35. The number of benzene rings is 2. The number of nitrogens with zero attached hydrogens (tertiary/aromatic N) is 1. The number of ether oxygens (including phenoxy) is 1. The molecule has 180 valence electrons. The summed E-state index contributed by atoms with van der Waals surface area (Å²) in [5.41, 5.74) is 6.18. The fourth-order valence-corrected chi connectivity index (χ4v) is 4.18. The van der Waals surface area contributed by atoms with Gasteiger partial charge in [-0.2, -0.15) is 5.26 Å². The first-order chi connectivity index (χ1) is 15.9. The summed E-state index contributed by atoms with van der Waals surface area (Å²) in [6, 6.07) is 19.6. The number of nitrogens with two attached hydrogens (primary N) is 1. The molecule has 0 saturated carbocycles. The van der Waals surface area contributed by atoms with E-state index in [1.807, 2.05) is 96.1 Å². The second kappa shape index (κ2) is 9.91. The van der Waals surface area contributed by atoms with Gasteiger partial charge in [0.1, 0.15) is 6.10 Å². The molecule has 1 fully saturated rings. The molecule has 0 aliphatic carbocycles. The minimum Gasteiger partial charge on any atom is -0.399 e. The summed E-state index contributed by atoms with van der Waals surface area (Å²) < 4.78 is 18.8. The van der Waals surface area contributed by atoms with Crippen LogP contribution in [0.1, 0.15) is 71.6 Å². The summed E-state index contributed by atoms with van der Waals surface area (Å²) in [5.74, 6) is -0.513. The second-order valence-electron chi connectivity index (χ2n) is 10.5. The van der Waals surface area contributed by atoms with E-state index in [0.717, 1.165) is 16.6 Å². The molecule has 3 rings (SSSR count). The fourth-order valence-electron chi connectivity index (χ4n) is 4.18. The number of amides is 1. The summed E-state index contributed by atoms with van der Waals surface area (Å²) in [6.07, 6.45) is -0.339. The van der Waals surface area contributed by atoms with Crippen molar-refractivity contribution in [3.05, 3.63) is 65.7 Å². The highest BCUT2D eigenvalue weighted by Gasteiger charge is 2.51.